The predicted octanol–water partition coefficient (Wildman–Crippen LogP) is 3.58. The lowest BCUT2D eigenvalue weighted by Gasteiger charge is -2.09. The van der Waals surface area contributed by atoms with Gasteiger partial charge in [-0.2, -0.15) is 0 Å². The van der Waals surface area contributed by atoms with Crippen molar-refractivity contribution in [1.82, 2.24) is 14.9 Å². The summed E-state index contributed by atoms with van der Waals surface area (Å²) in [5.41, 5.74) is 2.36. The maximum atomic E-state index is 4.75. The van der Waals surface area contributed by atoms with Gasteiger partial charge in [0.05, 0.1) is 17.6 Å². The van der Waals surface area contributed by atoms with E-state index >= 15 is 0 Å². The quantitative estimate of drug-likeness (QED) is 0.770. The van der Waals surface area contributed by atoms with E-state index in [0.717, 1.165) is 43.3 Å². The predicted molar refractivity (Wildman–Crippen MR) is 81.2 cm³/mol. The number of rotatable bonds is 7. The Morgan fingerprint density at radius 1 is 1.26 bits per heavy atom. The van der Waals surface area contributed by atoms with Gasteiger partial charge in [-0.3, -0.25) is 0 Å². The standard InChI is InChI=1S/C16H25N3/c1-4-11-19-15-8-6-5-7-14(15)18-16(19)12-17-10-9-13(2)3/h5-8,13,17H,4,9-12H2,1-3H3. The fourth-order valence-corrected chi connectivity index (χ4v) is 2.32. The summed E-state index contributed by atoms with van der Waals surface area (Å²) in [6.07, 6.45) is 2.35. The van der Waals surface area contributed by atoms with Crippen LogP contribution in [-0.4, -0.2) is 16.1 Å². The van der Waals surface area contributed by atoms with Crippen LogP contribution in [0.2, 0.25) is 0 Å². The molecule has 3 heteroatoms. The molecule has 0 fully saturated rings. The molecule has 0 spiro atoms. The lowest BCUT2D eigenvalue weighted by Crippen LogP contribution is -2.19. The van der Waals surface area contributed by atoms with Crippen molar-refractivity contribution < 1.29 is 0 Å². The highest BCUT2D eigenvalue weighted by Gasteiger charge is 2.08. The molecule has 0 bridgehead atoms. The molecule has 1 aromatic carbocycles. The summed E-state index contributed by atoms with van der Waals surface area (Å²) in [7, 11) is 0. The number of aryl methyl sites for hydroxylation is 1. The number of imidazole rings is 1. The van der Waals surface area contributed by atoms with Gasteiger partial charge in [-0.05, 0) is 37.4 Å². The first kappa shape index (κ1) is 14.1. The van der Waals surface area contributed by atoms with E-state index in [4.69, 9.17) is 4.98 Å². The molecule has 19 heavy (non-hydrogen) atoms. The molecule has 0 unspecified atom stereocenters. The van der Waals surface area contributed by atoms with E-state index in [0.29, 0.717) is 0 Å². The summed E-state index contributed by atoms with van der Waals surface area (Å²) < 4.78 is 2.34. The SMILES string of the molecule is CCCn1c(CNCCC(C)C)nc2ccccc21. The summed E-state index contributed by atoms with van der Waals surface area (Å²) in [5.74, 6) is 1.91. The second-order valence-corrected chi connectivity index (χ2v) is 5.53. The van der Waals surface area contributed by atoms with Gasteiger partial charge in [0, 0.05) is 6.54 Å². The molecule has 0 aliphatic rings. The number of fused-ring (bicyclic) bond motifs is 1. The van der Waals surface area contributed by atoms with E-state index in [2.05, 4.69) is 54.9 Å². The van der Waals surface area contributed by atoms with Crippen LogP contribution in [0, 0.1) is 5.92 Å². The largest absolute Gasteiger partial charge is 0.327 e. The van der Waals surface area contributed by atoms with E-state index in [1.54, 1.807) is 0 Å². The van der Waals surface area contributed by atoms with Gasteiger partial charge in [0.25, 0.3) is 0 Å². The van der Waals surface area contributed by atoms with Crippen LogP contribution in [0.1, 0.15) is 39.4 Å². The number of para-hydroxylation sites is 2. The molecule has 1 aromatic heterocycles. The molecule has 0 aliphatic heterocycles. The van der Waals surface area contributed by atoms with Crippen LogP contribution in [0.3, 0.4) is 0 Å². The highest BCUT2D eigenvalue weighted by Crippen LogP contribution is 2.16. The van der Waals surface area contributed by atoms with E-state index in [1.807, 2.05) is 0 Å². The van der Waals surface area contributed by atoms with E-state index < -0.39 is 0 Å². The fourth-order valence-electron chi connectivity index (χ4n) is 2.32. The Labute approximate surface area is 116 Å². The topological polar surface area (TPSA) is 29.9 Å². The average molecular weight is 259 g/mol. The van der Waals surface area contributed by atoms with Crippen molar-refractivity contribution >= 4 is 11.0 Å². The first-order chi connectivity index (χ1) is 9.22. The van der Waals surface area contributed by atoms with Crippen molar-refractivity contribution in [3.8, 4) is 0 Å². The summed E-state index contributed by atoms with van der Waals surface area (Å²) in [5, 5.41) is 3.51. The van der Waals surface area contributed by atoms with Gasteiger partial charge in [0.2, 0.25) is 0 Å². The lowest BCUT2D eigenvalue weighted by atomic mass is 10.1. The van der Waals surface area contributed by atoms with Crippen LogP contribution in [0.15, 0.2) is 24.3 Å². The molecule has 0 amide bonds. The van der Waals surface area contributed by atoms with Gasteiger partial charge in [-0.25, -0.2) is 4.98 Å². The van der Waals surface area contributed by atoms with Gasteiger partial charge in [0.15, 0.2) is 0 Å². The average Bonchev–Trinajstić information content (AvgIpc) is 2.74. The summed E-state index contributed by atoms with van der Waals surface area (Å²) in [6, 6.07) is 8.41. The number of hydrogen-bond donors (Lipinski definition) is 1. The Morgan fingerprint density at radius 3 is 2.79 bits per heavy atom. The summed E-state index contributed by atoms with van der Waals surface area (Å²) in [6.45, 7) is 9.70. The summed E-state index contributed by atoms with van der Waals surface area (Å²) >= 11 is 0. The van der Waals surface area contributed by atoms with Crippen LogP contribution in [0.5, 0.6) is 0 Å². The molecule has 2 aromatic rings. The van der Waals surface area contributed by atoms with E-state index in [-0.39, 0.29) is 0 Å². The lowest BCUT2D eigenvalue weighted by molar-refractivity contribution is 0.522. The molecule has 0 aliphatic carbocycles. The first-order valence-electron chi connectivity index (χ1n) is 7.37. The van der Waals surface area contributed by atoms with Gasteiger partial charge >= 0.3 is 0 Å². The van der Waals surface area contributed by atoms with Gasteiger partial charge in [-0.15, -0.1) is 0 Å². The fraction of sp³-hybridized carbons (Fsp3) is 0.562. The second-order valence-electron chi connectivity index (χ2n) is 5.53. The minimum atomic E-state index is 0.752. The monoisotopic (exact) mass is 259 g/mol. The van der Waals surface area contributed by atoms with Crippen molar-refractivity contribution in [2.24, 2.45) is 5.92 Å². The van der Waals surface area contributed by atoms with Gasteiger partial charge < -0.3 is 9.88 Å². The zero-order chi connectivity index (χ0) is 13.7. The zero-order valence-electron chi connectivity index (χ0n) is 12.3. The normalized spacial score (nSPS) is 11.6. The third kappa shape index (κ3) is 3.57. The van der Waals surface area contributed by atoms with Crippen molar-refractivity contribution in [3.63, 3.8) is 0 Å². The highest BCUT2D eigenvalue weighted by molar-refractivity contribution is 5.75. The number of aromatic nitrogens is 2. The Bertz CT molecular complexity index is 514. The number of hydrogen-bond acceptors (Lipinski definition) is 2. The molecule has 0 atom stereocenters. The number of benzene rings is 1. The molecule has 1 heterocycles. The Balaban J connectivity index is 2.10. The van der Waals surface area contributed by atoms with Gasteiger partial charge in [0.1, 0.15) is 5.82 Å². The van der Waals surface area contributed by atoms with Crippen molar-refractivity contribution in [2.45, 2.75) is 46.7 Å². The minimum absolute atomic E-state index is 0.752. The summed E-state index contributed by atoms with van der Waals surface area (Å²) in [4.78, 5) is 4.75. The van der Waals surface area contributed by atoms with E-state index in [9.17, 15) is 0 Å². The van der Waals surface area contributed by atoms with Crippen LogP contribution in [0.25, 0.3) is 11.0 Å². The molecule has 0 radical (unpaired) electrons. The van der Waals surface area contributed by atoms with Crippen molar-refractivity contribution in [2.75, 3.05) is 6.54 Å². The maximum absolute atomic E-state index is 4.75. The Morgan fingerprint density at radius 2 is 2.05 bits per heavy atom. The molecule has 0 saturated carbocycles. The molecule has 1 N–H and O–H groups in total. The molecular weight excluding hydrogens is 234 g/mol. The first-order valence-corrected chi connectivity index (χ1v) is 7.37. The molecule has 3 nitrogen and oxygen atoms in total. The maximum Gasteiger partial charge on any atom is 0.123 e. The third-order valence-corrected chi connectivity index (χ3v) is 3.36. The highest BCUT2D eigenvalue weighted by atomic mass is 15.1. The number of nitrogens with zero attached hydrogens (tertiary/aromatic N) is 2. The van der Waals surface area contributed by atoms with Crippen LogP contribution in [0.4, 0.5) is 0 Å². The molecule has 2 rings (SSSR count). The number of nitrogens with one attached hydrogen (secondary N) is 1. The van der Waals surface area contributed by atoms with Crippen molar-refractivity contribution in [3.05, 3.63) is 30.1 Å². The third-order valence-electron chi connectivity index (χ3n) is 3.36. The molecular formula is C16H25N3. The minimum Gasteiger partial charge on any atom is -0.327 e. The van der Waals surface area contributed by atoms with Crippen LogP contribution >= 0.6 is 0 Å². The Kier molecular flexibility index (Phi) is 4.97. The smallest absolute Gasteiger partial charge is 0.123 e. The van der Waals surface area contributed by atoms with E-state index in [1.165, 1.54) is 11.9 Å². The molecule has 104 valence electrons. The van der Waals surface area contributed by atoms with Gasteiger partial charge in [-0.1, -0.05) is 32.9 Å². The van der Waals surface area contributed by atoms with Crippen LogP contribution in [-0.2, 0) is 13.1 Å². The zero-order valence-corrected chi connectivity index (χ0v) is 12.3. The van der Waals surface area contributed by atoms with Crippen molar-refractivity contribution in [1.29, 1.82) is 0 Å². The molecule has 0 saturated heterocycles. The second kappa shape index (κ2) is 6.71. The Hall–Kier alpha value is -1.35. The van der Waals surface area contributed by atoms with Crippen LogP contribution < -0.4 is 5.32 Å².